The Balaban J connectivity index is 1.61. The number of hydrogen-bond donors (Lipinski definition) is 2. The molecule has 1 aromatic carbocycles. The summed E-state index contributed by atoms with van der Waals surface area (Å²) in [5.74, 6) is -1.33. The van der Waals surface area contributed by atoms with Gasteiger partial charge in [0.15, 0.2) is 11.6 Å². The van der Waals surface area contributed by atoms with Gasteiger partial charge in [-0.15, -0.1) is 0 Å². The monoisotopic (exact) mass is 294 g/mol. The molecule has 0 aromatic heterocycles. The molecule has 1 aliphatic carbocycles. The van der Waals surface area contributed by atoms with E-state index in [0.29, 0.717) is 17.6 Å². The Morgan fingerprint density at radius 2 is 1.90 bits per heavy atom. The second-order valence-electron chi connectivity index (χ2n) is 6.07. The predicted octanol–water partition coefficient (Wildman–Crippen LogP) is 3.21. The van der Waals surface area contributed by atoms with Gasteiger partial charge in [0.05, 0.1) is 6.04 Å². The highest BCUT2D eigenvalue weighted by atomic mass is 19.2. The van der Waals surface area contributed by atoms with Gasteiger partial charge in [0.25, 0.3) is 0 Å². The summed E-state index contributed by atoms with van der Waals surface area (Å²) in [4.78, 5) is 12.2. The van der Waals surface area contributed by atoms with Crippen molar-refractivity contribution < 1.29 is 13.6 Å². The first-order chi connectivity index (χ1) is 10.1. The third kappa shape index (κ3) is 3.23. The van der Waals surface area contributed by atoms with Crippen LogP contribution in [0, 0.1) is 17.6 Å². The van der Waals surface area contributed by atoms with Crippen LogP contribution >= 0.6 is 0 Å². The molecule has 21 heavy (non-hydrogen) atoms. The molecule has 0 bridgehead atoms. The molecule has 3 atom stereocenters. The zero-order valence-electron chi connectivity index (χ0n) is 11.9. The zero-order chi connectivity index (χ0) is 14.8. The molecule has 3 rings (SSSR count). The SMILES string of the molecule is O=C(Nc1ccc(F)c(F)c1)C1CCC2CCCCC2N1. The van der Waals surface area contributed by atoms with Crippen molar-refractivity contribution in [2.75, 3.05) is 5.32 Å². The van der Waals surface area contributed by atoms with E-state index in [2.05, 4.69) is 10.6 Å². The minimum absolute atomic E-state index is 0.162. The van der Waals surface area contributed by atoms with Gasteiger partial charge in [0.1, 0.15) is 0 Å². The Morgan fingerprint density at radius 1 is 1.10 bits per heavy atom. The third-order valence-electron chi connectivity index (χ3n) is 4.65. The van der Waals surface area contributed by atoms with E-state index in [9.17, 15) is 13.6 Å². The second-order valence-corrected chi connectivity index (χ2v) is 6.07. The number of carbonyl (C=O) groups is 1. The zero-order valence-corrected chi connectivity index (χ0v) is 11.9. The van der Waals surface area contributed by atoms with Crippen LogP contribution in [0.2, 0.25) is 0 Å². The van der Waals surface area contributed by atoms with Gasteiger partial charge < -0.3 is 10.6 Å². The van der Waals surface area contributed by atoms with Crippen LogP contribution in [-0.2, 0) is 4.79 Å². The molecule has 1 heterocycles. The van der Waals surface area contributed by atoms with Gasteiger partial charge in [-0.2, -0.15) is 0 Å². The fourth-order valence-corrected chi connectivity index (χ4v) is 3.51. The van der Waals surface area contributed by atoms with E-state index in [1.165, 1.54) is 25.3 Å². The molecular formula is C16H20F2N2O. The number of nitrogens with one attached hydrogen (secondary N) is 2. The fraction of sp³-hybridized carbons (Fsp3) is 0.562. The Bertz CT molecular complexity index is 535. The lowest BCUT2D eigenvalue weighted by molar-refractivity contribution is -0.119. The highest BCUT2D eigenvalue weighted by molar-refractivity contribution is 5.94. The average Bonchev–Trinajstić information content (AvgIpc) is 2.50. The molecule has 1 aromatic rings. The van der Waals surface area contributed by atoms with Crippen LogP contribution in [0.5, 0.6) is 0 Å². The summed E-state index contributed by atoms with van der Waals surface area (Å²) in [6, 6.07) is 3.60. The van der Waals surface area contributed by atoms with E-state index in [4.69, 9.17) is 0 Å². The number of amides is 1. The molecule has 1 amide bonds. The molecule has 3 unspecified atom stereocenters. The molecular weight excluding hydrogens is 274 g/mol. The largest absolute Gasteiger partial charge is 0.325 e. The minimum atomic E-state index is -0.947. The van der Waals surface area contributed by atoms with E-state index in [1.807, 2.05) is 0 Å². The van der Waals surface area contributed by atoms with Crippen molar-refractivity contribution in [3.8, 4) is 0 Å². The van der Waals surface area contributed by atoms with Crippen LogP contribution in [0.25, 0.3) is 0 Å². The first kappa shape index (κ1) is 14.4. The third-order valence-corrected chi connectivity index (χ3v) is 4.65. The Labute approximate surface area is 123 Å². The first-order valence-corrected chi connectivity index (χ1v) is 7.65. The highest BCUT2D eigenvalue weighted by Gasteiger charge is 2.34. The van der Waals surface area contributed by atoms with E-state index < -0.39 is 11.6 Å². The minimum Gasteiger partial charge on any atom is -0.325 e. The van der Waals surface area contributed by atoms with Gasteiger partial charge in [0.2, 0.25) is 5.91 Å². The van der Waals surface area contributed by atoms with E-state index in [-0.39, 0.29) is 11.9 Å². The summed E-state index contributed by atoms with van der Waals surface area (Å²) in [5, 5.41) is 6.09. The molecule has 2 aliphatic rings. The van der Waals surface area contributed by atoms with E-state index >= 15 is 0 Å². The van der Waals surface area contributed by atoms with Crippen molar-refractivity contribution in [1.82, 2.24) is 5.32 Å². The van der Waals surface area contributed by atoms with Gasteiger partial charge in [0, 0.05) is 17.8 Å². The van der Waals surface area contributed by atoms with Gasteiger partial charge in [-0.1, -0.05) is 12.8 Å². The quantitative estimate of drug-likeness (QED) is 0.879. The number of halogens is 2. The molecule has 0 spiro atoms. The van der Waals surface area contributed by atoms with Crippen molar-refractivity contribution in [2.45, 2.75) is 50.6 Å². The molecule has 1 saturated heterocycles. The summed E-state index contributed by atoms with van der Waals surface area (Å²) in [6.45, 7) is 0. The number of anilines is 1. The van der Waals surface area contributed by atoms with Gasteiger partial charge >= 0.3 is 0 Å². The topological polar surface area (TPSA) is 41.1 Å². The second kappa shape index (κ2) is 6.10. The first-order valence-electron chi connectivity index (χ1n) is 7.65. The molecule has 3 nitrogen and oxygen atoms in total. The Hall–Kier alpha value is -1.49. The molecule has 0 radical (unpaired) electrons. The number of benzene rings is 1. The summed E-state index contributed by atoms with van der Waals surface area (Å²) in [5.41, 5.74) is 0.298. The number of rotatable bonds is 2. The number of fused-ring (bicyclic) bond motifs is 1. The fourth-order valence-electron chi connectivity index (χ4n) is 3.51. The molecule has 5 heteroatoms. The maximum absolute atomic E-state index is 13.2. The van der Waals surface area contributed by atoms with Crippen LogP contribution in [-0.4, -0.2) is 18.0 Å². The summed E-state index contributed by atoms with van der Waals surface area (Å²) in [7, 11) is 0. The number of piperidine rings is 1. The van der Waals surface area contributed by atoms with Gasteiger partial charge in [-0.05, 0) is 43.7 Å². The number of hydrogen-bond acceptors (Lipinski definition) is 2. The standard InChI is InChI=1S/C16H20F2N2O/c17-12-7-6-11(9-13(12)18)19-16(21)15-8-5-10-3-1-2-4-14(10)20-15/h6-7,9-10,14-15,20H,1-5,8H2,(H,19,21). The molecule has 1 saturated carbocycles. The van der Waals surface area contributed by atoms with Crippen LogP contribution in [0.3, 0.4) is 0 Å². The van der Waals surface area contributed by atoms with Gasteiger partial charge in [-0.3, -0.25) is 4.79 Å². The Morgan fingerprint density at radius 3 is 2.71 bits per heavy atom. The Kier molecular flexibility index (Phi) is 4.19. The van der Waals surface area contributed by atoms with Crippen LogP contribution in [0.15, 0.2) is 18.2 Å². The smallest absolute Gasteiger partial charge is 0.241 e. The normalized spacial score (nSPS) is 28.8. The summed E-state index contributed by atoms with van der Waals surface area (Å²) >= 11 is 0. The maximum Gasteiger partial charge on any atom is 0.241 e. The predicted molar refractivity (Wildman–Crippen MR) is 76.9 cm³/mol. The number of carbonyl (C=O) groups excluding carboxylic acids is 1. The van der Waals surface area contributed by atoms with Crippen molar-refractivity contribution in [1.29, 1.82) is 0 Å². The summed E-state index contributed by atoms with van der Waals surface area (Å²) < 4.78 is 26.0. The summed E-state index contributed by atoms with van der Waals surface area (Å²) in [6.07, 6.45) is 6.74. The van der Waals surface area contributed by atoms with E-state index in [1.54, 1.807) is 0 Å². The lowest BCUT2D eigenvalue weighted by Crippen LogP contribution is -2.53. The molecule has 1 aliphatic heterocycles. The van der Waals surface area contributed by atoms with Crippen LogP contribution in [0.1, 0.15) is 38.5 Å². The lowest BCUT2D eigenvalue weighted by atomic mass is 9.77. The van der Waals surface area contributed by atoms with Crippen LogP contribution < -0.4 is 10.6 Å². The van der Waals surface area contributed by atoms with Gasteiger partial charge in [-0.25, -0.2) is 8.78 Å². The van der Waals surface area contributed by atoms with Crippen molar-refractivity contribution in [2.24, 2.45) is 5.92 Å². The van der Waals surface area contributed by atoms with Crippen molar-refractivity contribution >= 4 is 11.6 Å². The maximum atomic E-state index is 13.2. The van der Waals surface area contributed by atoms with E-state index in [0.717, 1.165) is 31.4 Å². The molecule has 2 fully saturated rings. The average molecular weight is 294 g/mol. The van der Waals surface area contributed by atoms with Crippen molar-refractivity contribution in [3.63, 3.8) is 0 Å². The lowest BCUT2D eigenvalue weighted by Gasteiger charge is -2.39. The van der Waals surface area contributed by atoms with Crippen molar-refractivity contribution in [3.05, 3.63) is 29.8 Å². The highest BCUT2D eigenvalue weighted by Crippen LogP contribution is 2.32. The van der Waals surface area contributed by atoms with Crippen LogP contribution in [0.4, 0.5) is 14.5 Å². The molecule has 2 N–H and O–H groups in total. The molecule has 114 valence electrons.